The predicted molar refractivity (Wildman–Crippen MR) is 101 cm³/mol. The van der Waals surface area contributed by atoms with Crippen molar-refractivity contribution in [1.82, 2.24) is 4.90 Å². The van der Waals surface area contributed by atoms with E-state index in [-0.39, 0.29) is 18.9 Å². The minimum absolute atomic E-state index is 0.119. The van der Waals surface area contributed by atoms with Crippen molar-refractivity contribution in [1.29, 1.82) is 0 Å². The average molecular weight is 444 g/mol. The Labute approximate surface area is 162 Å². The molecule has 0 atom stereocenters. The summed E-state index contributed by atoms with van der Waals surface area (Å²) in [5.41, 5.74) is 0.362. The van der Waals surface area contributed by atoms with Crippen LogP contribution >= 0.6 is 15.9 Å². The Kier molecular flexibility index (Phi) is 7.00. The van der Waals surface area contributed by atoms with Gasteiger partial charge < -0.3 is 9.64 Å². The van der Waals surface area contributed by atoms with Crippen LogP contribution in [0.1, 0.15) is 26.2 Å². The second-order valence-corrected chi connectivity index (χ2v) is 9.33. The molecule has 0 N–H and O–H groups in total. The summed E-state index contributed by atoms with van der Waals surface area (Å²) < 4.78 is 31.1. The molecular weight excluding hydrogens is 422 g/mol. The summed E-state index contributed by atoms with van der Waals surface area (Å²) in [7, 11) is -3.41. The van der Waals surface area contributed by atoms with E-state index in [0.717, 1.165) is 4.47 Å². The van der Waals surface area contributed by atoms with E-state index >= 15 is 0 Å². The van der Waals surface area contributed by atoms with Gasteiger partial charge in [0, 0.05) is 36.5 Å². The van der Waals surface area contributed by atoms with Gasteiger partial charge in [0.05, 0.1) is 16.8 Å². The molecule has 1 amide bonds. The molecule has 1 aliphatic rings. The van der Waals surface area contributed by atoms with Gasteiger partial charge in [-0.15, -0.1) is 0 Å². The van der Waals surface area contributed by atoms with Crippen molar-refractivity contribution in [2.24, 2.45) is 0 Å². The zero-order valence-electron chi connectivity index (χ0n) is 14.6. The van der Waals surface area contributed by atoms with Crippen LogP contribution in [0.25, 0.3) is 0 Å². The number of carbonyl (C=O) groups excluding carboxylic acids is 2. The standard InChI is InChI=1S/C18H22BrNO5S/c1-13(9-12-25-14(2)21)18(22)20-10-7-17(8-11-20)26(23,24)16-5-3-15(19)4-6-16/h3-6,17H,1,7-12H2,2H3. The zero-order chi connectivity index (χ0) is 19.3. The van der Waals surface area contributed by atoms with E-state index in [1.807, 2.05) is 0 Å². The number of nitrogens with zero attached hydrogens (tertiary/aromatic N) is 1. The number of ether oxygens (including phenoxy) is 1. The second-order valence-electron chi connectivity index (χ2n) is 6.18. The Morgan fingerprint density at radius 2 is 1.81 bits per heavy atom. The summed E-state index contributed by atoms with van der Waals surface area (Å²) in [6, 6.07) is 6.60. The van der Waals surface area contributed by atoms with Gasteiger partial charge in [0.1, 0.15) is 0 Å². The molecule has 1 fully saturated rings. The summed E-state index contributed by atoms with van der Waals surface area (Å²) in [6.45, 7) is 5.91. The molecule has 1 aliphatic heterocycles. The summed E-state index contributed by atoms with van der Waals surface area (Å²) in [4.78, 5) is 25.0. The molecule has 1 heterocycles. The number of carbonyl (C=O) groups is 2. The topological polar surface area (TPSA) is 80.8 Å². The number of sulfone groups is 1. The van der Waals surface area contributed by atoms with Gasteiger partial charge in [-0.25, -0.2) is 8.42 Å². The second kappa shape index (κ2) is 8.81. The van der Waals surface area contributed by atoms with Crippen LogP contribution in [0.3, 0.4) is 0 Å². The van der Waals surface area contributed by atoms with E-state index in [1.165, 1.54) is 6.92 Å². The number of hydrogen-bond donors (Lipinski definition) is 0. The zero-order valence-corrected chi connectivity index (χ0v) is 17.0. The van der Waals surface area contributed by atoms with E-state index in [9.17, 15) is 18.0 Å². The summed E-state index contributed by atoms with van der Waals surface area (Å²) in [6.07, 6.45) is 1.05. The molecule has 0 saturated carbocycles. The molecule has 0 unspecified atom stereocenters. The molecule has 2 rings (SSSR count). The van der Waals surface area contributed by atoms with Crippen molar-refractivity contribution in [2.45, 2.75) is 36.3 Å². The van der Waals surface area contributed by atoms with E-state index in [1.54, 1.807) is 29.2 Å². The molecule has 0 radical (unpaired) electrons. The molecular formula is C18H22BrNO5S. The SMILES string of the molecule is C=C(CCOC(C)=O)C(=O)N1CCC(S(=O)(=O)c2ccc(Br)cc2)CC1. The van der Waals surface area contributed by atoms with Gasteiger partial charge in [-0.2, -0.15) is 0 Å². The van der Waals surface area contributed by atoms with Gasteiger partial charge in [-0.1, -0.05) is 22.5 Å². The highest BCUT2D eigenvalue weighted by molar-refractivity contribution is 9.10. The Morgan fingerprint density at radius 3 is 2.35 bits per heavy atom. The fraction of sp³-hybridized carbons (Fsp3) is 0.444. The number of piperidine rings is 1. The highest BCUT2D eigenvalue weighted by Gasteiger charge is 2.33. The van der Waals surface area contributed by atoms with E-state index in [2.05, 4.69) is 22.5 Å². The van der Waals surface area contributed by atoms with E-state index < -0.39 is 21.1 Å². The van der Waals surface area contributed by atoms with Crippen molar-refractivity contribution in [2.75, 3.05) is 19.7 Å². The molecule has 1 aromatic rings. The van der Waals surface area contributed by atoms with Crippen LogP contribution in [0.2, 0.25) is 0 Å². The lowest BCUT2D eigenvalue weighted by molar-refractivity contribution is -0.141. The number of amides is 1. The maximum Gasteiger partial charge on any atom is 0.302 e. The van der Waals surface area contributed by atoms with Crippen molar-refractivity contribution in [3.63, 3.8) is 0 Å². The number of benzene rings is 1. The smallest absolute Gasteiger partial charge is 0.302 e. The maximum atomic E-state index is 12.7. The van der Waals surface area contributed by atoms with Crippen LogP contribution in [0, 0.1) is 0 Å². The molecule has 142 valence electrons. The molecule has 1 saturated heterocycles. The minimum atomic E-state index is -3.41. The fourth-order valence-electron chi connectivity index (χ4n) is 2.83. The van der Waals surface area contributed by atoms with E-state index in [0.29, 0.717) is 36.4 Å². The number of likely N-dealkylation sites (tertiary alicyclic amines) is 1. The quantitative estimate of drug-likeness (QED) is 0.498. The lowest BCUT2D eigenvalue weighted by Crippen LogP contribution is -2.43. The van der Waals surface area contributed by atoms with Gasteiger partial charge >= 0.3 is 5.97 Å². The summed E-state index contributed by atoms with van der Waals surface area (Å²) in [5, 5.41) is -0.498. The van der Waals surface area contributed by atoms with Crippen LogP contribution in [0.5, 0.6) is 0 Å². The van der Waals surface area contributed by atoms with Crippen LogP contribution in [-0.4, -0.2) is 50.1 Å². The first-order valence-corrected chi connectivity index (χ1v) is 10.7. The average Bonchev–Trinajstić information content (AvgIpc) is 2.61. The third-order valence-corrected chi connectivity index (χ3v) is 7.13. The van der Waals surface area contributed by atoms with Gasteiger partial charge in [-0.05, 0) is 37.1 Å². The van der Waals surface area contributed by atoms with Gasteiger partial charge in [0.15, 0.2) is 9.84 Å². The third-order valence-electron chi connectivity index (χ3n) is 4.32. The lowest BCUT2D eigenvalue weighted by Gasteiger charge is -2.32. The Bertz CT molecular complexity index is 780. The fourth-order valence-corrected chi connectivity index (χ4v) is 4.83. The number of rotatable bonds is 6. The summed E-state index contributed by atoms with van der Waals surface area (Å²) in [5.74, 6) is -0.610. The Morgan fingerprint density at radius 1 is 1.23 bits per heavy atom. The molecule has 26 heavy (non-hydrogen) atoms. The molecule has 0 aliphatic carbocycles. The van der Waals surface area contributed by atoms with Crippen molar-refractivity contribution < 1.29 is 22.7 Å². The van der Waals surface area contributed by atoms with Crippen LogP contribution in [-0.2, 0) is 24.2 Å². The van der Waals surface area contributed by atoms with Crippen molar-refractivity contribution >= 4 is 37.6 Å². The van der Waals surface area contributed by atoms with Crippen LogP contribution in [0.4, 0.5) is 0 Å². The number of hydrogen-bond acceptors (Lipinski definition) is 5. The lowest BCUT2D eigenvalue weighted by atomic mass is 10.1. The van der Waals surface area contributed by atoms with Crippen molar-refractivity contribution in [3.05, 3.63) is 40.9 Å². The predicted octanol–water partition coefficient (Wildman–Crippen LogP) is 2.72. The minimum Gasteiger partial charge on any atom is -0.466 e. The molecule has 1 aromatic carbocycles. The van der Waals surface area contributed by atoms with E-state index in [4.69, 9.17) is 4.74 Å². The van der Waals surface area contributed by atoms with Gasteiger partial charge in [0.2, 0.25) is 5.91 Å². The highest BCUT2D eigenvalue weighted by Crippen LogP contribution is 2.26. The Hall–Kier alpha value is -1.67. The molecule has 0 bridgehead atoms. The van der Waals surface area contributed by atoms with Gasteiger partial charge in [0.25, 0.3) is 0 Å². The normalized spacial score (nSPS) is 15.5. The first-order chi connectivity index (χ1) is 12.2. The molecule has 0 aromatic heterocycles. The monoisotopic (exact) mass is 443 g/mol. The summed E-state index contributed by atoms with van der Waals surface area (Å²) >= 11 is 3.30. The first kappa shape index (κ1) is 20.6. The largest absolute Gasteiger partial charge is 0.466 e. The number of halogens is 1. The van der Waals surface area contributed by atoms with Crippen molar-refractivity contribution in [3.8, 4) is 0 Å². The molecule has 6 nitrogen and oxygen atoms in total. The Balaban J connectivity index is 1.91. The van der Waals surface area contributed by atoms with Crippen LogP contribution < -0.4 is 0 Å². The molecule has 8 heteroatoms. The van der Waals surface area contributed by atoms with Crippen LogP contribution in [0.15, 0.2) is 45.8 Å². The number of esters is 1. The third kappa shape index (κ3) is 5.17. The molecule has 0 spiro atoms. The highest BCUT2D eigenvalue weighted by atomic mass is 79.9. The van der Waals surface area contributed by atoms with Gasteiger partial charge in [-0.3, -0.25) is 9.59 Å². The maximum absolute atomic E-state index is 12.7. The first-order valence-electron chi connectivity index (χ1n) is 8.31.